The topological polar surface area (TPSA) is 124 Å². The number of hydrogen-bond donors (Lipinski definition) is 0. The first kappa shape index (κ1) is 29.3. The lowest BCUT2D eigenvalue weighted by Crippen LogP contribution is -2.66. The van der Waals surface area contributed by atoms with Gasteiger partial charge < -0.3 is 28.4 Å². The van der Waals surface area contributed by atoms with E-state index < -0.39 is 63.2 Å². The van der Waals surface area contributed by atoms with Crippen molar-refractivity contribution in [1.29, 1.82) is 0 Å². The summed E-state index contributed by atoms with van der Waals surface area (Å²) < 4.78 is 35.3. The molecule has 1 aromatic carbocycles. The van der Waals surface area contributed by atoms with Crippen molar-refractivity contribution in [2.75, 3.05) is 13.2 Å². The number of esters is 4. The third kappa shape index (κ3) is 4.79. The Hall–Kier alpha value is -3.82. The second-order valence-corrected chi connectivity index (χ2v) is 14.3. The van der Waals surface area contributed by atoms with Crippen molar-refractivity contribution < 1.29 is 47.6 Å². The van der Waals surface area contributed by atoms with Gasteiger partial charge in [0.2, 0.25) is 0 Å². The summed E-state index contributed by atoms with van der Waals surface area (Å²) in [5.74, 6) is -2.19. The first-order valence-electron chi connectivity index (χ1n) is 14.6. The van der Waals surface area contributed by atoms with Gasteiger partial charge >= 0.3 is 23.9 Å². The quantitative estimate of drug-likeness (QED) is 0.317. The average molecular weight is 595 g/mol. The molecule has 3 aliphatic heterocycles. The van der Waals surface area contributed by atoms with Gasteiger partial charge in [0.05, 0.1) is 48.0 Å². The molecule has 6 rings (SSSR count). The molecule has 1 aromatic rings. The van der Waals surface area contributed by atoms with E-state index in [9.17, 15) is 19.2 Å². The van der Waals surface area contributed by atoms with Crippen molar-refractivity contribution in [3.8, 4) is 0 Å². The minimum absolute atomic E-state index is 0.00829. The molecule has 2 aliphatic carbocycles. The second-order valence-electron chi connectivity index (χ2n) is 14.3. The van der Waals surface area contributed by atoms with Gasteiger partial charge in [0, 0.05) is 18.3 Å². The summed E-state index contributed by atoms with van der Waals surface area (Å²) in [7, 11) is 0. The van der Waals surface area contributed by atoms with Crippen LogP contribution in [0.1, 0.15) is 65.5 Å². The van der Waals surface area contributed by atoms with E-state index in [-0.39, 0.29) is 39.3 Å². The molecule has 10 heteroatoms. The fourth-order valence-corrected chi connectivity index (χ4v) is 7.96. The van der Waals surface area contributed by atoms with E-state index in [4.69, 9.17) is 28.4 Å². The van der Waals surface area contributed by atoms with E-state index in [1.54, 1.807) is 27.7 Å². The fraction of sp³-hybridized carbons (Fsp3) is 0.576. The standard InChI is InChI=1S/C33H38O10/c1-29(2)17-40-27(36)30(3)15-32(5)25(30)21(11-23(34)42-32)38-13-19-8-7-9-20(10-19)14-39-22-12-24(35)43-33(6)16-31(4,26(22)33)28(37)41-18-29/h7-12,25-26H,13-18H2,1-6H3/t25?,26?,30-,31-,32+,33+/m1/s1. The molecule has 43 heavy (non-hydrogen) atoms. The van der Waals surface area contributed by atoms with Crippen LogP contribution in [0.3, 0.4) is 0 Å². The van der Waals surface area contributed by atoms with Crippen LogP contribution in [0.25, 0.3) is 0 Å². The predicted molar refractivity (Wildman–Crippen MR) is 149 cm³/mol. The number of hydrogen-bond acceptors (Lipinski definition) is 10. The van der Waals surface area contributed by atoms with Gasteiger partial charge in [0.1, 0.15) is 35.9 Å². The third-order valence-corrected chi connectivity index (χ3v) is 9.61. The zero-order chi connectivity index (χ0) is 31.0. The number of ether oxygens (including phenoxy) is 6. The average Bonchev–Trinajstić information content (AvgIpc) is 2.90. The number of rotatable bonds is 0. The number of carbonyl (C=O) groups is 4. The number of cyclic esters (lactones) is 2. The summed E-state index contributed by atoms with van der Waals surface area (Å²) in [6.45, 7) is 11.2. The highest BCUT2D eigenvalue weighted by Crippen LogP contribution is 2.62. The van der Waals surface area contributed by atoms with Gasteiger partial charge in [-0.1, -0.05) is 32.0 Å². The van der Waals surface area contributed by atoms with Gasteiger partial charge in [-0.05, 0) is 44.9 Å². The van der Waals surface area contributed by atoms with Gasteiger partial charge in [-0.25, -0.2) is 9.59 Å². The minimum atomic E-state index is -0.977. The molecular weight excluding hydrogens is 556 g/mol. The van der Waals surface area contributed by atoms with Crippen LogP contribution >= 0.6 is 0 Å². The molecule has 0 amide bonds. The summed E-state index contributed by atoms with van der Waals surface area (Å²) >= 11 is 0. The molecule has 0 spiro atoms. The van der Waals surface area contributed by atoms with Crippen molar-refractivity contribution >= 4 is 23.9 Å². The van der Waals surface area contributed by atoms with Crippen LogP contribution in [0.2, 0.25) is 0 Å². The number of fused-ring (bicyclic) bond motifs is 2. The molecule has 0 aromatic heterocycles. The van der Waals surface area contributed by atoms with Gasteiger partial charge in [-0.3, -0.25) is 9.59 Å². The maximum absolute atomic E-state index is 13.5. The summed E-state index contributed by atoms with van der Waals surface area (Å²) in [6, 6.07) is 7.55. The Morgan fingerprint density at radius 1 is 0.628 bits per heavy atom. The summed E-state index contributed by atoms with van der Waals surface area (Å²) in [5, 5.41) is 0. The van der Waals surface area contributed by atoms with Crippen molar-refractivity contribution in [3.05, 3.63) is 59.1 Å². The molecule has 10 nitrogen and oxygen atoms in total. The third-order valence-electron chi connectivity index (χ3n) is 9.61. The normalized spacial score (nSPS) is 38.7. The largest absolute Gasteiger partial charge is 0.492 e. The molecule has 2 fully saturated rings. The SMILES string of the molecule is CC1(C)COC(=O)[C@]2(C)C[C@]3(C)OC(=O)C=C(OCc4cccc(c4)COC4=CC(=O)O[C@@]5(C)C[C@@](C)(C(=O)OC1)C45)C23. The van der Waals surface area contributed by atoms with Crippen LogP contribution in [0.4, 0.5) is 0 Å². The lowest BCUT2D eigenvalue weighted by Gasteiger charge is -2.58. The van der Waals surface area contributed by atoms with Crippen LogP contribution in [0.5, 0.6) is 0 Å². The van der Waals surface area contributed by atoms with Gasteiger partial charge in [0.15, 0.2) is 0 Å². The molecule has 5 aliphatic rings. The maximum atomic E-state index is 13.5. The van der Waals surface area contributed by atoms with Crippen LogP contribution in [-0.4, -0.2) is 48.3 Å². The Morgan fingerprint density at radius 2 is 1.05 bits per heavy atom. The monoisotopic (exact) mass is 594 g/mol. The highest BCUT2D eigenvalue weighted by molar-refractivity contribution is 5.88. The van der Waals surface area contributed by atoms with Gasteiger partial charge in [-0.15, -0.1) is 0 Å². The predicted octanol–water partition coefficient (Wildman–Crippen LogP) is 4.30. The Morgan fingerprint density at radius 3 is 1.47 bits per heavy atom. The molecule has 0 saturated heterocycles. The highest BCUT2D eigenvalue weighted by Gasteiger charge is 2.70. The van der Waals surface area contributed by atoms with Crippen molar-refractivity contribution in [3.63, 3.8) is 0 Å². The molecular formula is C33H38O10. The van der Waals surface area contributed by atoms with Crippen molar-refractivity contribution in [2.45, 2.75) is 78.8 Å². The van der Waals surface area contributed by atoms with Gasteiger partial charge in [-0.2, -0.15) is 0 Å². The van der Waals surface area contributed by atoms with E-state index in [1.807, 2.05) is 38.1 Å². The summed E-state index contributed by atoms with van der Waals surface area (Å²) in [5.41, 5.74) is -2.80. The summed E-state index contributed by atoms with van der Waals surface area (Å²) in [6.07, 6.45) is 3.19. The van der Waals surface area contributed by atoms with Crippen LogP contribution < -0.4 is 0 Å². The van der Waals surface area contributed by atoms with E-state index in [0.717, 1.165) is 11.1 Å². The number of carbonyl (C=O) groups excluding carboxylic acids is 4. The molecule has 2 unspecified atom stereocenters. The van der Waals surface area contributed by atoms with Crippen LogP contribution in [-0.2, 0) is 60.8 Å². The van der Waals surface area contributed by atoms with Gasteiger partial charge in [0.25, 0.3) is 0 Å². The zero-order valence-corrected chi connectivity index (χ0v) is 25.4. The zero-order valence-electron chi connectivity index (χ0n) is 25.4. The number of benzene rings is 1. The highest BCUT2D eigenvalue weighted by atomic mass is 16.6. The smallest absolute Gasteiger partial charge is 0.334 e. The first-order valence-corrected chi connectivity index (χ1v) is 14.6. The lowest BCUT2D eigenvalue weighted by atomic mass is 9.51. The van der Waals surface area contributed by atoms with E-state index in [2.05, 4.69) is 0 Å². The molecule has 0 radical (unpaired) electrons. The summed E-state index contributed by atoms with van der Waals surface area (Å²) in [4.78, 5) is 52.0. The molecule has 0 N–H and O–H groups in total. The molecule has 230 valence electrons. The Bertz CT molecular complexity index is 1370. The molecule has 3 heterocycles. The first-order chi connectivity index (χ1) is 20.1. The van der Waals surface area contributed by atoms with Crippen LogP contribution in [0.15, 0.2) is 47.9 Å². The van der Waals surface area contributed by atoms with E-state index in [0.29, 0.717) is 11.5 Å². The van der Waals surface area contributed by atoms with Crippen LogP contribution in [0, 0.1) is 28.1 Å². The van der Waals surface area contributed by atoms with Crippen molar-refractivity contribution in [1.82, 2.24) is 0 Å². The van der Waals surface area contributed by atoms with Crippen molar-refractivity contribution in [2.24, 2.45) is 28.1 Å². The Kier molecular flexibility index (Phi) is 6.53. The molecule has 6 atom stereocenters. The molecule has 2 bridgehead atoms. The van der Waals surface area contributed by atoms with E-state index >= 15 is 0 Å². The maximum Gasteiger partial charge on any atom is 0.334 e. The molecule has 2 saturated carbocycles. The Balaban J connectivity index is 1.32. The Labute approximate surface area is 250 Å². The van der Waals surface area contributed by atoms with E-state index in [1.165, 1.54) is 12.2 Å². The lowest BCUT2D eigenvalue weighted by molar-refractivity contribution is -0.230. The minimum Gasteiger partial charge on any atom is -0.492 e. The fourth-order valence-electron chi connectivity index (χ4n) is 7.96. The second kappa shape index (κ2) is 9.59.